The van der Waals surface area contributed by atoms with Gasteiger partial charge in [0.05, 0.1) is 12.5 Å². The second-order valence-electron chi connectivity index (χ2n) is 5.28. The zero-order valence-electron chi connectivity index (χ0n) is 12.6. The first-order valence-corrected chi connectivity index (χ1v) is 7.07. The van der Waals surface area contributed by atoms with Crippen LogP contribution in [-0.2, 0) is 14.3 Å². The highest BCUT2D eigenvalue weighted by Crippen LogP contribution is 2.27. The number of nitrogens with zero attached hydrogens (tertiary/aromatic N) is 1. The minimum absolute atomic E-state index is 0.0671. The van der Waals surface area contributed by atoms with Gasteiger partial charge in [-0.3, -0.25) is 14.6 Å². The Kier molecular flexibility index (Phi) is 6.36. The Labute approximate surface area is 120 Å². The van der Waals surface area contributed by atoms with Crippen molar-refractivity contribution in [3.05, 3.63) is 30.1 Å². The predicted octanol–water partition coefficient (Wildman–Crippen LogP) is 2.98. The molecule has 110 valence electrons. The van der Waals surface area contributed by atoms with Gasteiger partial charge in [0.1, 0.15) is 5.78 Å². The van der Waals surface area contributed by atoms with E-state index in [2.05, 4.69) is 4.98 Å². The average Bonchev–Trinajstić information content (AvgIpc) is 2.44. The van der Waals surface area contributed by atoms with Crippen molar-refractivity contribution in [2.75, 3.05) is 6.61 Å². The molecule has 1 aromatic rings. The third-order valence-corrected chi connectivity index (χ3v) is 3.30. The molecule has 0 aliphatic carbocycles. The summed E-state index contributed by atoms with van der Waals surface area (Å²) in [6, 6.07) is 3.67. The second kappa shape index (κ2) is 7.78. The third-order valence-electron chi connectivity index (χ3n) is 3.30. The minimum Gasteiger partial charge on any atom is -0.466 e. The highest BCUT2D eigenvalue weighted by molar-refractivity contribution is 5.88. The summed E-state index contributed by atoms with van der Waals surface area (Å²) in [5.74, 6) is -0.744. The highest BCUT2D eigenvalue weighted by atomic mass is 16.5. The van der Waals surface area contributed by atoms with Crippen LogP contribution < -0.4 is 0 Å². The summed E-state index contributed by atoms with van der Waals surface area (Å²) in [6.45, 7) is 7.71. The molecule has 1 heterocycles. The predicted molar refractivity (Wildman–Crippen MR) is 77.2 cm³/mol. The van der Waals surface area contributed by atoms with Crippen LogP contribution in [0.1, 0.15) is 45.6 Å². The van der Waals surface area contributed by atoms with Crippen LogP contribution in [0.25, 0.3) is 0 Å². The number of esters is 1. The fourth-order valence-electron chi connectivity index (χ4n) is 2.15. The van der Waals surface area contributed by atoms with Gasteiger partial charge in [-0.1, -0.05) is 20.8 Å². The van der Waals surface area contributed by atoms with Crippen molar-refractivity contribution < 1.29 is 14.3 Å². The van der Waals surface area contributed by atoms with Crippen LogP contribution >= 0.6 is 0 Å². The van der Waals surface area contributed by atoms with Crippen molar-refractivity contribution in [2.24, 2.45) is 11.8 Å². The molecule has 0 saturated heterocycles. The van der Waals surface area contributed by atoms with Gasteiger partial charge in [0.2, 0.25) is 0 Å². The summed E-state index contributed by atoms with van der Waals surface area (Å²) in [5.41, 5.74) is 0.912. The van der Waals surface area contributed by atoms with E-state index in [0.29, 0.717) is 13.0 Å². The molecule has 0 radical (unpaired) electrons. The normalized spacial score (nSPS) is 13.8. The Bertz CT molecular complexity index is 442. The molecule has 0 fully saturated rings. The number of carbonyl (C=O) groups excluding carboxylic acids is 2. The zero-order valence-corrected chi connectivity index (χ0v) is 12.6. The van der Waals surface area contributed by atoms with Crippen molar-refractivity contribution in [3.63, 3.8) is 0 Å². The number of rotatable bonds is 7. The number of hydrogen-bond donors (Lipinski definition) is 0. The second-order valence-corrected chi connectivity index (χ2v) is 5.28. The molecule has 0 aromatic carbocycles. The molecule has 0 aliphatic heterocycles. The third kappa shape index (κ3) is 4.44. The number of pyridine rings is 1. The fourth-order valence-corrected chi connectivity index (χ4v) is 2.15. The van der Waals surface area contributed by atoms with E-state index in [4.69, 9.17) is 4.74 Å². The van der Waals surface area contributed by atoms with Gasteiger partial charge in [-0.05, 0) is 31.0 Å². The fraction of sp³-hybridized carbons (Fsp3) is 0.562. The first-order valence-electron chi connectivity index (χ1n) is 7.07. The van der Waals surface area contributed by atoms with E-state index in [1.54, 1.807) is 26.2 Å². The van der Waals surface area contributed by atoms with Crippen molar-refractivity contribution in [1.82, 2.24) is 4.98 Å². The maximum Gasteiger partial charge on any atom is 0.308 e. The molecule has 1 aromatic heterocycles. The summed E-state index contributed by atoms with van der Waals surface area (Å²) in [5, 5.41) is 0. The zero-order chi connectivity index (χ0) is 15.1. The molecule has 2 unspecified atom stereocenters. The first kappa shape index (κ1) is 16.3. The standard InChI is InChI=1S/C16H23NO3/c1-5-20-16(19)12(4)10-14(15(18)11(2)3)13-6-8-17-9-7-13/h6-9,11-12,14H,5,10H2,1-4H3. The van der Waals surface area contributed by atoms with Crippen molar-refractivity contribution >= 4 is 11.8 Å². The van der Waals surface area contributed by atoms with E-state index in [1.807, 2.05) is 26.0 Å². The maximum atomic E-state index is 12.4. The number of ketones is 1. The van der Waals surface area contributed by atoms with E-state index < -0.39 is 0 Å². The topological polar surface area (TPSA) is 56.3 Å². The van der Waals surface area contributed by atoms with E-state index in [-0.39, 0.29) is 29.5 Å². The van der Waals surface area contributed by atoms with Crippen molar-refractivity contribution in [2.45, 2.75) is 40.0 Å². The minimum atomic E-state index is -0.296. The lowest BCUT2D eigenvalue weighted by Crippen LogP contribution is -2.24. The van der Waals surface area contributed by atoms with E-state index in [0.717, 1.165) is 5.56 Å². The van der Waals surface area contributed by atoms with Crippen LogP contribution in [0.2, 0.25) is 0 Å². The van der Waals surface area contributed by atoms with Gasteiger partial charge in [-0.25, -0.2) is 0 Å². The van der Waals surface area contributed by atoms with Crippen LogP contribution in [0.15, 0.2) is 24.5 Å². The van der Waals surface area contributed by atoms with Gasteiger partial charge in [0.25, 0.3) is 0 Å². The van der Waals surface area contributed by atoms with Gasteiger partial charge in [0.15, 0.2) is 0 Å². The number of Topliss-reactive ketones (excluding diaryl/α,β-unsaturated/α-hetero) is 1. The molecular weight excluding hydrogens is 254 g/mol. The van der Waals surface area contributed by atoms with Crippen LogP contribution in [-0.4, -0.2) is 23.3 Å². The Morgan fingerprint density at radius 2 is 1.80 bits per heavy atom. The molecule has 4 nitrogen and oxygen atoms in total. The quantitative estimate of drug-likeness (QED) is 0.719. The molecule has 0 amide bonds. The summed E-state index contributed by atoms with van der Waals surface area (Å²) in [6.07, 6.45) is 3.82. The van der Waals surface area contributed by atoms with Gasteiger partial charge in [0, 0.05) is 24.2 Å². The molecule has 0 spiro atoms. The van der Waals surface area contributed by atoms with E-state index >= 15 is 0 Å². The maximum absolute atomic E-state index is 12.4. The molecule has 2 atom stereocenters. The summed E-state index contributed by atoms with van der Waals surface area (Å²) in [4.78, 5) is 28.1. The largest absolute Gasteiger partial charge is 0.466 e. The Hall–Kier alpha value is -1.71. The lowest BCUT2D eigenvalue weighted by molar-refractivity contribution is -0.147. The van der Waals surface area contributed by atoms with Crippen LogP contribution in [0.3, 0.4) is 0 Å². The van der Waals surface area contributed by atoms with Crippen molar-refractivity contribution in [1.29, 1.82) is 0 Å². The van der Waals surface area contributed by atoms with Gasteiger partial charge >= 0.3 is 5.97 Å². The Morgan fingerprint density at radius 1 is 1.20 bits per heavy atom. The van der Waals surface area contributed by atoms with Crippen LogP contribution in [0, 0.1) is 11.8 Å². The van der Waals surface area contributed by atoms with Gasteiger partial charge in [-0.2, -0.15) is 0 Å². The number of aromatic nitrogens is 1. The lowest BCUT2D eigenvalue weighted by Gasteiger charge is -2.21. The van der Waals surface area contributed by atoms with Crippen LogP contribution in [0.4, 0.5) is 0 Å². The smallest absolute Gasteiger partial charge is 0.308 e. The SMILES string of the molecule is CCOC(=O)C(C)CC(C(=O)C(C)C)c1ccncc1. The molecule has 20 heavy (non-hydrogen) atoms. The summed E-state index contributed by atoms with van der Waals surface area (Å²) < 4.78 is 5.02. The lowest BCUT2D eigenvalue weighted by atomic mass is 9.83. The summed E-state index contributed by atoms with van der Waals surface area (Å²) >= 11 is 0. The Morgan fingerprint density at radius 3 is 2.30 bits per heavy atom. The summed E-state index contributed by atoms with van der Waals surface area (Å²) in [7, 11) is 0. The number of carbonyl (C=O) groups is 2. The number of ether oxygens (including phenoxy) is 1. The average molecular weight is 277 g/mol. The Balaban J connectivity index is 2.90. The molecule has 4 heteroatoms. The van der Waals surface area contributed by atoms with Crippen molar-refractivity contribution in [3.8, 4) is 0 Å². The van der Waals surface area contributed by atoms with E-state index in [1.165, 1.54) is 0 Å². The van der Waals surface area contributed by atoms with Gasteiger partial charge < -0.3 is 4.74 Å². The molecule has 0 bridgehead atoms. The highest BCUT2D eigenvalue weighted by Gasteiger charge is 2.28. The van der Waals surface area contributed by atoms with Crippen LogP contribution in [0.5, 0.6) is 0 Å². The monoisotopic (exact) mass is 277 g/mol. The van der Waals surface area contributed by atoms with E-state index in [9.17, 15) is 9.59 Å². The molecule has 0 N–H and O–H groups in total. The molecule has 1 rings (SSSR count). The molecule has 0 saturated carbocycles. The number of hydrogen-bond acceptors (Lipinski definition) is 4. The molecular formula is C16H23NO3. The molecule has 0 aliphatic rings. The first-order chi connectivity index (χ1) is 9.47. The van der Waals surface area contributed by atoms with Gasteiger partial charge in [-0.15, -0.1) is 0 Å².